The zero-order valence-corrected chi connectivity index (χ0v) is 16.2. The number of anilines is 1. The van der Waals surface area contributed by atoms with Crippen molar-refractivity contribution in [1.29, 1.82) is 5.26 Å². The van der Waals surface area contributed by atoms with Gasteiger partial charge in [-0.15, -0.1) is 0 Å². The predicted molar refractivity (Wildman–Crippen MR) is 97.6 cm³/mol. The van der Waals surface area contributed by atoms with Crippen molar-refractivity contribution in [2.24, 2.45) is 0 Å². The van der Waals surface area contributed by atoms with Gasteiger partial charge in [0.2, 0.25) is 0 Å². The Morgan fingerprint density at radius 2 is 1.86 bits per heavy atom. The Balaban J connectivity index is 1.85. The summed E-state index contributed by atoms with van der Waals surface area (Å²) in [6.07, 6.45) is -1.83. The fourth-order valence-electron chi connectivity index (χ4n) is 3.13. The van der Waals surface area contributed by atoms with Crippen LogP contribution in [0.3, 0.4) is 0 Å². The molecule has 0 amide bonds. The molecule has 0 unspecified atom stereocenters. The monoisotopic (exact) mass is 398 g/mol. The third-order valence-electron chi connectivity index (χ3n) is 4.35. The fourth-order valence-corrected chi connectivity index (χ4v) is 3.13. The number of nitrogens with zero attached hydrogens (tertiary/aromatic N) is 1. The van der Waals surface area contributed by atoms with Crippen LogP contribution in [0.15, 0.2) is 18.2 Å². The highest BCUT2D eigenvalue weighted by Gasteiger charge is 2.34. The van der Waals surface area contributed by atoms with Crippen molar-refractivity contribution in [2.75, 3.05) is 11.9 Å². The van der Waals surface area contributed by atoms with E-state index in [1.54, 1.807) is 26.8 Å². The first-order valence-electron chi connectivity index (χ1n) is 9.19. The normalized spacial score (nSPS) is 20.3. The molecule has 0 bridgehead atoms. The summed E-state index contributed by atoms with van der Waals surface area (Å²) in [6, 6.07) is 5.23. The lowest BCUT2D eigenvalue weighted by Crippen LogP contribution is -2.32. The number of hydrogen-bond acceptors (Lipinski definition) is 5. The minimum absolute atomic E-state index is 0.00963. The van der Waals surface area contributed by atoms with Crippen molar-refractivity contribution < 1.29 is 27.4 Å². The second-order valence-electron chi connectivity index (χ2n) is 7.89. The Bertz CT molecular complexity index is 728. The number of hydrogen-bond donors (Lipinski definition) is 1. The van der Waals surface area contributed by atoms with Crippen LogP contribution in [0.2, 0.25) is 0 Å². The highest BCUT2D eigenvalue weighted by molar-refractivity contribution is 5.71. The van der Waals surface area contributed by atoms with E-state index < -0.39 is 28.9 Å². The molecule has 1 aliphatic rings. The van der Waals surface area contributed by atoms with Crippen LogP contribution < -0.4 is 5.32 Å². The first kappa shape index (κ1) is 22.0. The van der Waals surface area contributed by atoms with Crippen molar-refractivity contribution in [3.05, 3.63) is 29.3 Å². The summed E-state index contributed by atoms with van der Waals surface area (Å²) in [4.78, 5) is 11.7. The van der Waals surface area contributed by atoms with Gasteiger partial charge in [0, 0.05) is 11.7 Å². The van der Waals surface area contributed by atoms with Crippen molar-refractivity contribution in [1.82, 2.24) is 0 Å². The van der Waals surface area contributed by atoms with Crippen molar-refractivity contribution in [3.63, 3.8) is 0 Å². The van der Waals surface area contributed by atoms with Gasteiger partial charge in [0.15, 0.2) is 0 Å². The number of esters is 1. The Morgan fingerprint density at radius 1 is 1.21 bits per heavy atom. The van der Waals surface area contributed by atoms with Crippen LogP contribution in [-0.4, -0.2) is 30.3 Å². The van der Waals surface area contributed by atoms with Crippen LogP contribution >= 0.6 is 0 Å². The Hall–Kier alpha value is -2.27. The van der Waals surface area contributed by atoms with Gasteiger partial charge in [0.25, 0.3) is 0 Å². The second kappa shape index (κ2) is 8.82. The van der Waals surface area contributed by atoms with E-state index in [2.05, 4.69) is 5.32 Å². The summed E-state index contributed by atoms with van der Waals surface area (Å²) in [5, 5.41) is 12.0. The lowest BCUT2D eigenvalue weighted by Gasteiger charge is -2.30. The molecule has 154 valence electrons. The van der Waals surface area contributed by atoms with E-state index in [9.17, 15) is 18.0 Å². The summed E-state index contributed by atoms with van der Waals surface area (Å²) in [5.41, 5.74) is -1.55. The molecule has 5 nitrogen and oxygen atoms in total. The van der Waals surface area contributed by atoms with Crippen LogP contribution in [-0.2, 0) is 20.4 Å². The summed E-state index contributed by atoms with van der Waals surface area (Å²) in [6.45, 7) is 5.25. The Labute approximate surface area is 162 Å². The molecule has 0 aliphatic heterocycles. The van der Waals surface area contributed by atoms with E-state index in [0.29, 0.717) is 31.4 Å². The van der Waals surface area contributed by atoms with Crippen LogP contribution in [0.4, 0.5) is 18.9 Å². The first-order valence-corrected chi connectivity index (χ1v) is 9.19. The minimum atomic E-state index is -4.57. The number of benzene rings is 1. The van der Waals surface area contributed by atoms with Gasteiger partial charge < -0.3 is 14.8 Å². The summed E-state index contributed by atoms with van der Waals surface area (Å²) in [5.74, 6) is -0.412. The number of halogens is 3. The van der Waals surface area contributed by atoms with Crippen molar-refractivity contribution in [3.8, 4) is 6.07 Å². The quantitative estimate of drug-likeness (QED) is 0.731. The lowest BCUT2D eigenvalue weighted by atomic mass is 9.92. The standard InChI is InChI=1S/C20H25F3N2O3/c1-19(2,3)28-18(26)12-27-16-8-6-14(7-9-16)25-15-5-4-13(11-24)17(10-15)20(21,22)23/h4-5,10,14,16,25H,6-9,12H2,1-3H3. The van der Waals surface area contributed by atoms with Crippen LogP contribution in [0.5, 0.6) is 0 Å². The van der Waals surface area contributed by atoms with E-state index in [1.807, 2.05) is 0 Å². The van der Waals surface area contributed by atoms with Crippen LogP contribution in [0, 0.1) is 11.3 Å². The van der Waals surface area contributed by atoms with Crippen LogP contribution in [0.1, 0.15) is 57.6 Å². The Kier molecular flexibility index (Phi) is 6.94. The van der Waals surface area contributed by atoms with Gasteiger partial charge in [-0.25, -0.2) is 4.79 Å². The average Bonchev–Trinajstić information content (AvgIpc) is 2.59. The molecule has 1 saturated carbocycles. The van der Waals surface area contributed by atoms with E-state index >= 15 is 0 Å². The maximum Gasteiger partial charge on any atom is 0.417 e. The first-order chi connectivity index (χ1) is 13.0. The van der Waals surface area contributed by atoms with Gasteiger partial charge in [-0.1, -0.05) is 0 Å². The van der Waals surface area contributed by atoms with Crippen molar-refractivity contribution >= 4 is 11.7 Å². The molecule has 28 heavy (non-hydrogen) atoms. The number of carbonyl (C=O) groups excluding carboxylic acids is 1. The van der Waals surface area contributed by atoms with Gasteiger partial charge in [-0.2, -0.15) is 18.4 Å². The molecular formula is C20H25F3N2O3. The van der Waals surface area contributed by atoms with Gasteiger partial charge >= 0.3 is 12.1 Å². The molecule has 1 N–H and O–H groups in total. The average molecular weight is 398 g/mol. The molecule has 1 aromatic rings. The molecule has 0 spiro atoms. The van der Waals surface area contributed by atoms with Gasteiger partial charge in [0.1, 0.15) is 12.2 Å². The molecule has 0 saturated heterocycles. The number of carbonyl (C=O) groups is 1. The maximum absolute atomic E-state index is 13.1. The van der Waals surface area contributed by atoms with Gasteiger partial charge in [-0.3, -0.25) is 0 Å². The fraction of sp³-hybridized carbons (Fsp3) is 0.600. The topological polar surface area (TPSA) is 71.3 Å². The summed E-state index contributed by atoms with van der Waals surface area (Å²) < 4.78 is 50.0. The third-order valence-corrected chi connectivity index (χ3v) is 4.35. The van der Waals surface area contributed by atoms with E-state index in [0.717, 1.165) is 6.07 Å². The number of nitriles is 1. The molecular weight excluding hydrogens is 373 g/mol. The van der Waals surface area contributed by atoms with E-state index in [-0.39, 0.29) is 18.8 Å². The van der Waals surface area contributed by atoms with Crippen LogP contribution in [0.25, 0.3) is 0 Å². The molecule has 0 radical (unpaired) electrons. The highest BCUT2D eigenvalue weighted by Crippen LogP contribution is 2.34. The molecule has 0 heterocycles. The third kappa shape index (κ3) is 6.71. The minimum Gasteiger partial charge on any atom is -0.458 e. The predicted octanol–water partition coefficient (Wildman–Crippen LogP) is 4.66. The molecule has 0 atom stereocenters. The highest BCUT2D eigenvalue weighted by atomic mass is 19.4. The maximum atomic E-state index is 13.1. The second-order valence-corrected chi connectivity index (χ2v) is 7.89. The SMILES string of the molecule is CC(C)(C)OC(=O)COC1CCC(Nc2ccc(C#N)c(C(F)(F)F)c2)CC1. The Morgan fingerprint density at radius 3 is 2.39 bits per heavy atom. The zero-order valence-electron chi connectivity index (χ0n) is 16.2. The summed E-state index contributed by atoms with van der Waals surface area (Å²) >= 11 is 0. The summed E-state index contributed by atoms with van der Waals surface area (Å²) in [7, 11) is 0. The molecule has 1 aliphatic carbocycles. The molecule has 8 heteroatoms. The lowest BCUT2D eigenvalue weighted by molar-refractivity contribution is -0.162. The largest absolute Gasteiger partial charge is 0.458 e. The molecule has 2 rings (SSSR count). The van der Waals surface area contributed by atoms with Gasteiger partial charge in [-0.05, 0) is 64.7 Å². The smallest absolute Gasteiger partial charge is 0.417 e. The van der Waals surface area contributed by atoms with Gasteiger partial charge in [0.05, 0.1) is 23.3 Å². The number of ether oxygens (including phenoxy) is 2. The van der Waals surface area contributed by atoms with E-state index in [1.165, 1.54) is 12.1 Å². The number of nitrogens with one attached hydrogen (secondary N) is 1. The van der Waals surface area contributed by atoms with Crippen molar-refractivity contribution in [2.45, 2.75) is 70.4 Å². The molecule has 1 fully saturated rings. The molecule has 0 aromatic heterocycles. The number of rotatable bonds is 5. The van der Waals surface area contributed by atoms with E-state index in [4.69, 9.17) is 14.7 Å². The number of alkyl halides is 3. The zero-order chi connectivity index (χ0) is 20.9. The molecule has 1 aromatic carbocycles.